The fraction of sp³-hybridized carbons (Fsp3) is 0.429. The van der Waals surface area contributed by atoms with E-state index in [1.807, 2.05) is 6.07 Å². The van der Waals surface area contributed by atoms with Crippen LogP contribution in [0.15, 0.2) is 22.7 Å². The van der Waals surface area contributed by atoms with E-state index in [1.165, 1.54) is 0 Å². The molecule has 1 rings (SSSR count). The molecule has 0 aliphatic carbocycles. The van der Waals surface area contributed by atoms with Crippen molar-refractivity contribution in [2.24, 2.45) is 0 Å². The van der Waals surface area contributed by atoms with Gasteiger partial charge in [0, 0.05) is 30.0 Å². The van der Waals surface area contributed by atoms with Crippen molar-refractivity contribution in [2.45, 2.75) is 32.9 Å². The fourth-order valence-electron chi connectivity index (χ4n) is 1.74. The third kappa shape index (κ3) is 4.66. The van der Waals surface area contributed by atoms with Crippen LogP contribution in [0, 0.1) is 11.3 Å². The van der Waals surface area contributed by atoms with Crippen LogP contribution in [-0.2, 0) is 6.54 Å². The normalized spacial score (nSPS) is 10.7. The van der Waals surface area contributed by atoms with Gasteiger partial charge in [0.25, 0.3) is 0 Å². The van der Waals surface area contributed by atoms with Gasteiger partial charge in [-0.1, -0.05) is 22.0 Å². The average molecular weight is 325 g/mol. The Labute approximate surface area is 121 Å². The molecule has 0 aromatic heterocycles. The van der Waals surface area contributed by atoms with Gasteiger partial charge in [-0.3, -0.25) is 4.90 Å². The molecule has 0 saturated heterocycles. The summed E-state index contributed by atoms with van der Waals surface area (Å²) in [6.07, 6.45) is 0.489. The topological polar surface area (TPSA) is 64.3 Å². The maximum Gasteiger partial charge on any atom is 0.335 e. The van der Waals surface area contributed by atoms with Crippen LogP contribution >= 0.6 is 15.9 Å². The van der Waals surface area contributed by atoms with E-state index in [0.29, 0.717) is 25.6 Å². The average Bonchev–Trinajstić information content (AvgIpc) is 2.35. The van der Waals surface area contributed by atoms with Crippen LogP contribution in [-0.4, -0.2) is 28.6 Å². The molecule has 1 N–H and O–H groups in total. The summed E-state index contributed by atoms with van der Waals surface area (Å²) in [5.41, 5.74) is 1.29. The van der Waals surface area contributed by atoms with E-state index < -0.39 is 5.97 Å². The van der Waals surface area contributed by atoms with Gasteiger partial charge < -0.3 is 5.11 Å². The van der Waals surface area contributed by atoms with Gasteiger partial charge in [0.1, 0.15) is 0 Å². The third-order valence-electron chi connectivity index (χ3n) is 2.91. The Hall–Kier alpha value is -1.38. The number of hydrogen-bond donors (Lipinski definition) is 1. The molecule has 0 saturated carbocycles. The number of carbonyl (C=O) groups is 1. The molecule has 0 unspecified atom stereocenters. The largest absolute Gasteiger partial charge is 0.478 e. The second-order valence-corrected chi connectivity index (χ2v) is 5.44. The summed E-state index contributed by atoms with van der Waals surface area (Å²) in [6.45, 7) is 5.56. The highest BCUT2D eigenvalue weighted by atomic mass is 79.9. The molecule has 5 heteroatoms. The lowest BCUT2D eigenvalue weighted by Gasteiger charge is -2.26. The van der Waals surface area contributed by atoms with Crippen LogP contribution < -0.4 is 0 Å². The van der Waals surface area contributed by atoms with Crippen LogP contribution in [0.2, 0.25) is 0 Å². The predicted octanol–water partition coefficient (Wildman–Crippen LogP) is 3.27. The molecule has 0 fully saturated rings. The Morgan fingerprint density at radius 3 is 2.68 bits per heavy atom. The third-order valence-corrected chi connectivity index (χ3v) is 3.65. The van der Waals surface area contributed by atoms with Crippen molar-refractivity contribution in [3.63, 3.8) is 0 Å². The number of nitriles is 1. The molecule has 1 aromatic rings. The first-order chi connectivity index (χ1) is 8.95. The Kier molecular flexibility index (Phi) is 6.00. The molecular weight excluding hydrogens is 308 g/mol. The number of benzene rings is 1. The van der Waals surface area contributed by atoms with Crippen LogP contribution in [0.25, 0.3) is 0 Å². The lowest BCUT2D eigenvalue weighted by atomic mass is 10.1. The van der Waals surface area contributed by atoms with E-state index in [2.05, 4.69) is 40.7 Å². The van der Waals surface area contributed by atoms with Crippen LogP contribution in [0.5, 0.6) is 0 Å². The number of aromatic carboxylic acids is 1. The highest BCUT2D eigenvalue weighted by Crippen LogP contribution is 2.21. The number of hydrogen-bond acceptors (Lipinski definition) is 3. The van der Waals surface area contributed by atoms with E-state index in [1.54, 1.807) is 12.1 Å². The highest BCUT2D eigenvalue weighted by Gasteiger charge is 2.13. The molecule has 0 radical (unpaired) electrons. The molecular formula is C14H17BrN2O2. The van der Waals surface area contributed by atoms with Gasteiger partial charge in [-0.05, 0) is 31.5 Å². The van der Waals surface area contributed by atoms with Gasteiger partial charge in [-0.25, -0.2) is 4.79 Å². The summed E-state index contributed by atoms with van der Waals surface area (Å²) >= 11 is 3.41. The number of rotatable bonds is 6. The minimum atomic E-state index is -0.933. The van der Waals surface area contributed by atoms with Gasteiger partial charge in [-0.15, -0.1) is 0 Å². The molecule has 0 aliphatic heterocycles. The van der Waals surface area contributed by atoms with Crippen molar-refractivity contribution in [3.05, 3.63) is 33.8 Å². The zero-order valence-corrected chi connectivity index (χ0v) is 12.6. The zero-order chi connectivity index (χ0) is 14.4. The van der Waals surface area contributed by atoms with Gasteiger partial charge in [0.05, 0.1) is 11.6 Å². The second-order valence-electron chi connectivity index (χ2n) is 4.58. The Morgan fingerprint density at radius 2 is 2.21 bits per heavy atom. The van der Waals surface area contributed by atoms with Crippen molar-refractivity contribution < 1.29 is 9.90 Å². The monoisotopic (exact) mass is 324 g/mol. The number of carboxylic acid groups (broad SMARTS) is 1. The summed E-state index contributed by atoms with van der Waals surface area (Å²) in [7, 11) is 0. The molecule has 0 heterocycles. The minimum absolute atomic E-state index is 0.267. The van der Waals surface area contributed by atoms with Crippen molar-refractivity contribution in [3.8, 4) is 6.07 Å². The summed E-state index contributed by atoms with van der Waals surface area (Å²) in [5.74, 6) is -0.933. The van der Waals surface area contributed by atoms with E-state index in [0.717, 1.165) is 10.0 Å². The maximum atomic E-state index is 10.9. The summed E-state index contributed by atoms with van der Waals surface area (Å²) in [4.78, 5) is 13.1. The Bertz CT molecular complexity index is 495. The minimum Gasteiger partial charge on any atom is -0.478 e. The Balaban J connectivity index is 2.85. The molecule has 0 amide bonds. The smallest absolute Gasteiger partial charge is 0.335 e. The molecule has 0 aliphatic rings. The lowest BCUT2D eigenvalue weighted by Crippen LogP contribution is -2.31. The number of carboxylic acids is 1. The predicted molar refractivity (Wildman–Crippen MR) is 76.9 cm³/mol. The molecule has 1 aromatic carbocycles. The first-order valence-electron chi connectivity index (χ1n) is 6.08. The summed E-state index contributed by atoms with van der Waals surface area (Å²) in [6, 6.07) is 7.51. The quantitative estimate of drug-likeness (QED) is 0.872. The highest BCUT2D eigenvalue weighted by molar-refractivity contribution is 9.10. The van der Waals surface area contributed by atoms with Crippen molar-refractivity contribution >= 4 is 21.9 Å². The molecule has 4 nitrogen and oxygen atoms in total. The fourth-order valence-corrected chi connectivity index (χ4v) is 2.24. The number of nitrogens with zero attached hydrogens (tertiary/aromatic N) is 2. The SMILES string of the molecule is CC(C)N(CCC#N)Cc1ccc(C(=O)O)cc1Br. The first-order valence-corrected chi connectivity index (χ1v) is 6.87. The van der Waals surface area contributed by atoms with E-state index in [-0.39, 0.29) is 5.56 Å². The molecule has 0 spiro atoms. The summed E-state index contributed by atoms with van der Waals surface area (Å²) < 4.78 is 0.787. The van der Waals surface area contributed by atoms with Gasteiger partial charge >= 0.3 is 5.97 Å². The van der Waals surface area contributed by atoms with Crippen LogP contribution in [0.1, 0.15) is 36.2 Å². The molecule has 102 valence electrons. The van der Waals surface area contributed by atoms with Gasteiger partial charge in [0.2, 0.25) is 0 Å². The van der Waals surface area contributed by atoms with E-state index >= 15 is 0 Å². The van der Waals surface area contributed by atoms with Gasteiger partial charge in [0.15, 0.2) is 0 Å². The van der Waals surface area contributed by atoms with Gasteiger partial charge in [-0.2, -0.15) is 5.26 Å². The molecule has 0 atom stereocenters. The summed E-state index contributed by atoms with van der Waals surface area (Å²) in [5, 5.41) is 17.6. The lowest BCUT2D eigenvalue weighted by molar-refractivity contribution is 0.0696. The Morgan fingerprint density at radius 1 is 1.53 bits per heavy atom. The standard InChI is InChI=1S/C14H17BrN2O2/c1-10(2)17(7-3-6-16)9-12-5-4-11(14(18)19)8-13(12)15/h4-5,8,10H,3,7,9H2,1-2H3,(H,18,19). The van der Waals surface area contributed by atoms with Crippen molar-refractivity contribution in [1.29, 1.82) is 5.26 Å². The maximum absolute atomic E-state index is 10.9. The van der Waals surface area contributed by atoms with E-state index in [4.69, 9.17) is 10.4 Å². The molecule has 19 heavy (non-hydrogen) atoms. The van der Waals surface area contributed by atoms with Crippen LogP contribution in [0.4, 0.5) is 0 Å². The van der Waals surface area contributed by atoms with E-state index in [9.17, 15) is 4.79 Å². The second kappa shape index (κ2) is 7.27. The first kappa shape index (κ1) is 15.7. The van der Waals surface area contributed by atoms with Crippen molar-refractivity contribution in [2.75, 3.05) is 6.54 Å². The van der Waals surface area contributed by atoms with Crippen LogP contribution in [0.3, 0.4) is 0 Å². The number of halogens is 1. The zero-order valence-electron chi connectivity index (χ0n) is 11.1. The van der Waals surface area contributed by atoms with Crippen molar-refractivity contribution in [1.82, 2.24) is 4.90 Å². The molecule has 0 bridgehead atoms.